The molecule has 2 aliphatic heterocycles. The van der Waals surface area contributed by atoms with Crippen LogP contribution in [0.5, 0.6) is 0 Å². The average molecular weight is 525 g/mol. The molecule has 0 unspecified atom stereocenters. The highest BCUT2D eigenvalue weighted by Gasteiger charge is 2.38. The summed E-state index contributed by atoms with van der Waals surface area (Å²) in [5, 5.41) is 3.57. The van der Waals surface area contributed by atoms with Crippen molar-refractivity contribution in [2.45, 2.75) is 70.4 Å². The number of ether oxygens (including phenoxy) is 1. The molecule has 164 valence electrons. The van der Waals surface area contributed by atoms with E-state index in [0.717, 1.165) is 51.6 Å². The maximum absolute atomic E-state index is 5.83. The van der Waals surface area contributed by atoms with Gasteiger partial charge in [0.15, 0.2) is 5.96 Å². The largest absolute Gasteiger partial charge is 0.378 e. The molecule has 28 heavy (non-hydrogen) atoms. The Labute approximate surface area is 193 Å². The van der Waals surface area contributed by atoms with Gasteiger partial charge in [0.25, 0.3) is 0 Å². The van der Waals surface area contributed by atoms with Crippen molar-refractivity contribution < 1.29 is 4.74 Å². The minimum atomic E-state index is 0. The number of guanidine groups is 1. The monoisotopic (exact) mass is 524 g/mol. The number of thioether (sulfide) groups is 1. The van der Waals surface area contributed by atoms with Gasteiger partial charge in [-0.15, -0.1) is 24.0 Å². The molecule has 2 saturated heterocycles. The van der Waals surface area contributed by atoms with E-state index < -0.39 is 0 Å². The SMILES string of the molecule is CCNC(=NCC1(N2CCSCC2)CCCCC1)N1CCC(OCC)CC1.I. The number of rotatable bonds is 6. The molecule has 0 bridgehead atoms. The van der Waals surface area contributed by atoms with Crippen molar-refractivity contribution >= 4 is 41.7 Å². The van der Waals surface area contributed by atoms with Gasteiger partial charge in [-0.1, -0.05) is 19.3 Å². The highest BCUT2D eigenvalue weighted by atomic mass is 127. The van der Waals surface area contributed by atoms with Crippen LogP contribution in [-0.2, 0) is 4.74 Å². The van der Waals surface area contributed by atoms with Gasteiger partial charge in [0, 0.05) is 56.4 Å². The maximum atomic E-state index is 5.83. The van der Waals surface area contributed by atoms with Gasteiger partial charge in [-0.2, -0.15) is 11.8 Å². The first-order chi connectivity index (χ1) is 13.3. The number of likely N-dealkylation sites (tertiary alicyclic amines) is 1. The number of nitrogens with one attached hydrogen (secondary N) is 1. The molecule has 1 N–H and O–H groups in total. The van der Waals surface area contributed by atoms with E-state index in [9.17, 15) is 0 Å². The van der Waals surface area contributed by atoms with Gasteiger partial charge in [0.1, 0.15) is 0 Å². The van der Waals surface area contributed by atoms with Crippen LogP contribution >= 0.6 is 35.7 Å². The van der Waals surface area contributed by atoms with Crippen molar-refractivity contribution in [3.8, 4) is 0 Å². The minimum absolute atomic E-state index is 0. The van der Waals surface area contributed by atoms with Gasteiger partial charge in [-0.25, -0.2) is 0 Å². The van der Waals surface area contributed by atoms with Crippen LogP contribution in [0.25, 0.3) is 0 Å². The highest BCUT2D eigenvalue weighted by Crippen LogP contribution is 2.35. The van der Waals surface area contributed by atoms with Crippen molar-refractivity contribution in [1.82, 2.24) is 15.1 Å². The summed E-state index contributed by atoms with van der Waals surface area (Å²) in [7, 11) is 0. The van der Waals surface area contributed by atoms with E-state index in [1.54, 1.807) is 0 Å². The second kappa shape index (κ2) is 12.8. The second-order valence-electron chi connectivity index (χ2n) is 8.20. The number of hydrogen-bond acceptors (Lipinski definition) is 4. The first-order valence-electron chi connectivity index (χ1n) is 11.2. The van der Waals surface area contributed by atoms with Crippen LogP contribution in [0.4, 0.5) is 0 Å². The van der Waals surface area contributed by atoms with Crippen molar-refractivity contribution in [2.75, 3.05) is 57.4 Å². The van der Waals surface area contributed by atoms with Gasteiger partial charge < -0.3 is 15.0 Å². The zero-order chi connectivity index (χ0) is 19.0. The summed E-state index contributed by atoms with van der Waals surface area (Å²) in [6.07, 6.45) is 9.47. The summed E-state index contributed by atoms with van der Waals surface area (Å²) < 4.78 is 5.83. The lowest BCUT2D eigenvalue weighted by Gasteiger charge is -2.47. The standard InChI is InChI=1S/C21H40N4OS.HI/c1-3-22-20(24-12-8-19(9-13-24)26-4-2)23-18-21(10-6-5-7-11-21)25-14-16-27-17-15-25;/h19H,3-18H2,1-2H3,(H,22,23);1H. The zero-order valence-electron chi connectivity index (χ0n) is 18.0. The molecule has 0 radical (unpaired) electrons. The van der Waals surface area contributed by atoms with Gasteiger partial charge in [0.05, 0.1) is 12.6 Å². The molecule has 5 nitrogen and oxygen atoms in total. The summed E-state index contributed by atoms with van der Waals surface area (Å²) >= 11 is 2.11. The summed E-state index contributed by atoms with van der Waals surface area (Å²) in [5.74, 6) is 3.70. The third-order valence-corrected chi connectivity index (χ3v) is 7.41. The summed E-state index contributed by atoms with van der Waals surface area (Å²) in [5.41, 5.74) is 0.309. The molecule has 0 amide bonds. The molecule has 7 heteroatoms. The van der Waals surface area contributed by atoms with Gasteiger partial charge >= 0.3 is 0 Å². The summed E-state index contributed by atoms with van der Waals surface area (Å²) in [4.78, 5) is 10.5. The smallest absolute Gasteiger partial charge is 0.193 e. The predicted molar refractivity (Wildman–Crippen MR) is 132 cm³/mol. The number of piperidine rings is 1. The molecular formula is C21H41IN4OS. The Balaban J connectivity index is 0.00000280. The van der Waals surface area contributed by atoms with Crippen LogP contribution in [0, 0.1) is 0 Å². The fourth-order valence-electron chi connectivity index (χ4n) is 4.94. The molecule has 0 aromatic rings. The van der Waals surface area contributed by atoms with Crippen LogP contribution in [0.3, 0.4) is 0 Å². The molecule has 0 aromatic heterocycles. The van der Waals surface area contributed by atoms with Crippen molar-refractivity contribution in [2.24, 2.45) is 4.99 Å². The molecule has 2 heterocycles. The molecule has 1 aliphatic carbocycles. The van der Waals surface area contributed by atoms with Crippen LogP contribution in [0.15, 0.2) is 4.99 Å². The number of hydrogen-bond donors (Lipinski definition) is 1. The summed E-state index contributed by atoms with van der Waals surface area (Å²) in [6.45, 7) is 11.6. The average Bonchev–Trinajstić information content (AvgIpc) is 2.73. The molecule has 0 aromatic carbocycles. The van der Waals surface area contributed by atoms with Crippen molar-refractivity contribution in [3.63, 3.8) is 0 Å². The Morgan fingerprint density at radius 1 is 1.07 bits per heavy atom. The van der Waals surface area contributed by atoms with Crippen LogP contribution < -0.4 is 5.32 Å². The van der Waals surface area contributed by atoms with E-state index in [0.29, 0.717) is 11.6 Å². The first kappa shape index (κ1) is 24.5. The minimum Gasteiger partial charge on any atom is -0.378 e. The number of nitrogens with zero attached hydrogens (tertiary/aromatic N) is 3. The Hall–Kier alpha value is 0.270. The van der Waals surface area contributed by atoms with E-state index in [2.05, 4.69) is 40.7 Å². The Kier molecular flexibility index (Phi) is 11.3. The van der Waals surface area contributed by atoms with Gasteiger partial charge in [-0.05, 0) is 39.5 Å². The first-order valence-corrected chi connectivity index (χ1v) is 12.4. The molecule has 3 rings (SSSR count). The summed E-state index contributed by atoms with van der Waals surface area (Å²) in [6, 6.07) is 0. The number of halogens is 1. The zero-order valence-corrected chi connectivity index (χ0v) is 21.1. The Morgan fingerprint density at radius 3 is 2.36 bits per heavy atom. The molecule has 0 spiro atoms. The van der Waals surface area contributed by atoms with E-state index in [-0.39, 0.29) is 24.0 Å². The van der Waals surface area contributed by atoms with E-state index in [1.807, 2.05) is 0 Å². The lowest BCUT2D eigenvalue weighted by molar-refractivity contribution is 0.0261. The fourth-order valence-corrected chi connectivity index (χ4v) is 5.84. The van der Waals surface area contributed by atoms with Crippen molar-refractivity contribution in [1.29, 1.82) is 0 Å². The van der Waals surface area contributed by atoms with Gasteiger partial charge in [-0.3, -0.25) is 9.89 Å². The molecule has 3 fully saturated rings. The Morgan fingerprint density at radius 2 is 1.75 bits per heavy atom. The van der Waals surface area contributed by atoms with Crippen LogP contribution in [0.2, 0.25) is 0 Å². The molecule has 1 saturated carbocycles. The van der Waals surface area contributed by atoms with Crippen LogP contribution in [0.1, 0.15) is 58.8 Å². The van der Waals surface area contributed by atoms with Gasteiger partial charge in [0.2, 0.25) is 0 Å². The van der Waals surface area contributed by atoms with E-state index in [4.69, 9.17) is 9.73 Å². The number of aliphatic imine (C=N–C) groups is 1. The molecule has 3 aliphatic rings. The lowest BCUT2D eigenvalue weighted by atomic mass is 9.80. The van der Waals surface area contributed by atoms with Crippen molar-refractivity contribution in [3.05, 3.63) is 0 Å². The fraction of sp³-hybridized carbons (Fsp3) is 0.952. The molecular weight excluding hydrogens is 483 g/mol. The molecule has 0 atom stereocenters. The normalized spacial score (nSPS) is 24.6. The third-order valence-electron chi connectivity index (χ3n) is 6.47. The highest BCUT2D eigenvalue weighted by molar-refractivity contribution is 14.0. The Bertz CT molecular complexity index is 459. The van der Waals surface area contributed by atoms with E-state index >= 15 is 0 Å². The topological polar surface area (TPSA) is 40.1 Å². The van der Waals surface area contributed by atoms with E-state index in [1.165, 1.54) is 56.7 Å². The second-order valence-corrected chi connectivity index (χ2v) is 9.42. The predicted octanol–water partition coefficient (Wildman–Crippen LogP) is 3.82. The third kappa shape index (κ3) is 6.64. The quantitative estimate of drug-likeness (QED) is 0.325. The maximum Gasteiger partial charge on any atom is 0.193 e. The van der Waals surface area contributed by atoms with Crippen LogP contribution in [-0.4, -0.2) is 84.8 Å². The lowest BCUT2D eigenvalue weighted by Crippen LogP contribution is -2.56.